The molecule has 0 aliphatic heterocycles. The minimum absolute atomic E-state index is 0.355. The van der Waals surface area contributed by atoms with Crippen LogP contribution in [0, 0.1) is 5.92 Å². The number of hydrogen-bond acceptors (Lipinski definition) is 3. The van der Waals surface area contributed by atoms with Crippen molar-refractivity contribution in [2.75, 3.05) is 11.9 Å². The number of pyridine rings is 1. The first-order valence-corrected chi connectivity index (χ1v) is 8.09. The lowest BCUT2D eigenvalue weighted by Gasteiger charge is -2.28. The van der Waals surface area contributed by atoms with Crippen molar-refractivity contribution in [3.63, 3.8) is 0 Å². The van der Waals surface area contributed by atoms with E-state index in [4.69, 9.17) is 16.3 Å². The topological polar surface area (TPSA) is 34.1 Å². The molecule has 0 aromatic carbocycles. The van der Waals surface area contributed by atoms with Crippen LogP contribution in [0.2, 0.25) is 5.02 Å². The second-order valence-corrected chi connectivity index (χ2v) is 6.07. The molecular formula is C16H25ClN2O. The molecule has 2 atom stereocenters. The van der Waals surface area contributed by atoms with Crippen molar-refractivity contribution >= 4 is 17.4 Å². The minimum Gasteiger partial charge on any atom is -0.372 e. The zero-order valence-electron chi connectivity index (χ0n) is 12.5. The molecule has 1 heterocycles. The molecule has 1 aromatic heterocycles. The molecule has 0 bridgehead atoms. The number of halogens is 1. The minimum atomic E-state index is 0.355. The summed E-state index contributed by atoms with van der Waals surface area (Å²) >= 11 is 6.21. The van der Waals surface area contributed by atoms with E-state index in [2.05, 4.69) is 24.1 Å². The number of hydrogen-bond donors (Lipinski definition) is 1. The maximum absolute atomic E-state index is 6.21. The first kappa shape index (κ1) is 15.6. The van der Waals surface area contributed by atoms with Crippen LogP contribution in [0.15, 0.2) is 12.1 Å². The van der Waals surface area contributed by atoms with Crippen molar-refractivity contribution in [3.8, 4) is 0 Å². The normalized spacial score (nSPS) is 22.8. The molecule has 1 aromatic rings. The third-order valence-corrected chi connectivity index (χ3v) is 4.29. The lowest BCUT2D eigenvalue weighted by Crippen LogP contribution is -2.25. The van der Waals surface area contributed by atoms with Crippen molar-refractivity contribution in [3.05, 3.63) is 22.8 Å². The van der Waals surface area contributed by atoms with Gasteiger partial charge < -0.3 is 10.1 Å². The number of rotatable bonds is 6. The van der Waals surface area contributed by atoms with E-state index in [1.54, 1.807) is 0 Å². The van der Waals surface area contributed by atoms with Crippen molar-refractivity contribution < 1.29 is 4.74 Å². The summed E-state index contributed by atoms with van der Waals surface area (Å²) in [7, 11) is 0. The van der Waals surface area contributed by atoms with Crippen molar-refractivity contribution in [1.82, 2.24) is 4.98 Å². The highest BCUT2D eigenvalue weighted by molar-refractivity contribution is 6.31. The lowest BCUT2D eigenvalue weighted by molar-refractivity contribution is -0.0167. The van der Waals surface area contributed by atoms with Crippen LogP contribution in [0.4, 0.5) is 5.82 Å². The fraction of sp³-hybridized carbons (Fsp3) is 0.688. The van der Waals surface area contributed by atoms with Crippen LogP contribution in [0.25, 0.3) is 0 Å². The average Bonchev–Trinajstić information content (AvgIpc) is 2.46. The molecule has 1 N–H and O–H groups in total. The molecule has 4 heteroatoms. The van der Waals surface area contributed by atoms with Crippen LogP contribution in [0.5, 0.6) is 0 Å². The molecule has 1 aliphatic carbocycles. The van der Waals surface area contributed by atoms with Gasteiger partial charge in [0.25, 0.3) is 0 Å². The van der Waals surface area contributed by atoms with Crippen LogP contribution in [0.3, 0.4) is 0 Å². The Morgan fingerprint density at radius 1 is 1.35 bits per heavy atom. The Kier molecular flexibility index (Phi) is 6.11. The third kappa shape index (κ3) is 4.35. The Hall–Kier alpha value is -0.800. The predicted octanol–water partition coefficient (Wildman–Crippen LogP) is 4.65. The SMILES string of the molecule is CCCNc1ccc(Cl)c(COC2CCCCC2C)n1. The van der Waals surface area contributed by atoms with Gasteiger partial charge in [0.2, 0.25) is 0 Å². The Morgan fingerprint density at radius 3 is 2.90 bits per heavy atom. The van der Waals surface area contributed by atoms with Crippen molar-refractivity contribution in [2.45, 2.75) is 58.7 Å². The molecule has 1 fully saturated rings. The summed E-state index contributed by atoms with van der Waals surface area (Å²) in [5.74, 6) is 1.52. The van der Waals surface area contributed by atoms with Crippen LogP contribution in [-0.2, 0) is 11.3 Å². The second-order valence-electron chi connectivity index (χ2n) is 5.66. The van der Waals surface area contributed by atoms with Gasteiger partial charge in [-0.25, -0.2) is 4.98 Å². The number of nitrogens with one attached hydrogen (secondary N) is 1. The molecule has 0 radical (unpaired) electrons. The number of nitrogens with zero attached hydrogens (tertiary/aromatic N) is 1. The fourth-order valence-electron chi connectivity index (χ4n) is 2.65. The summed E-state index contributed by atoms with van der Waals surface area (Å²) in [6.07, 6.45) is 6.46. The standard InChI is InChI=1S/C16H25ClN2O/c1-3-10-18-16-9-8-13(17)14(19-16)11-20-15-7-5-4-6-12(15)2/h8-9,12,15H,3-7,10-11H2,1-2H3,(H,18,19). The maximum Gasteiger partial charge on any atom is 0.126 e. The third-order valence-electron chi connectivity index (χ3n) is 3.94. The first-order chi connectivity index (χ1) is 9.70. The highest BCUT2D eigenvalue weighted by Gasteiger charge is 2.22. The van der Waals surface area contributed by atoms with E-state index >= 15 is 0 Å². The predicted molar refractivity (Wildman–Crippen MR) is 84.2 cm³/mol. The van der Waals surface area contributed by atoms with Gasteiger partial charge in [0, 0.05) is 6.54 Å². The van der Waals surface area contributed by atoms with Crippen LogP contribution in [-0.4, -0.2) is 17.6 Å². The molecule has 0 amide bonds. The summed E-state index contributed by atoms with van der Waals surface area (Å²) in [4.78, 5) is 4.55. The fourth-order valence-corrected chi connectivity index (χ4v) is 2.81. The van der Waals surface area contributed by atoms with E-state index < -0.39 is 0 Å². The molecular weight excluding hydrogens is 272 g/mol. The molecule has 112 valence electrons. The van der Waals surface area contributed by atoms with E-state index in [9.17, 15) is 0 Å². The molecule has 1 saturated carbocycles. The van der Waals surface area contributed by atoms with Crippen LogP contribution in [0.1, 0.15) is 51.6 Å². The highest BCUT2D eigenvalue weighted by atomic mass is 35.5. The van der Waals surface area contributed by atoms with Gasteiger partial charge in [0.15, 0.2) is 0 Å². The molecule has 2 rings (SSSR count). The smallest absolute Gasteiger partial charge is 0.126 e. The van der Waals surface area contributed by atoms with E-state index in [0.29, 0.717) is 23.7 Å². The number of anilines is 1. The van der Waals surface area contributed by atoms with Gasteiger partial charge in [0.1, 0.15) is 5.82 Å². The van der Waals surface area contributed by atoms with E-state index in [-0.39, 0.29) is 0 Å². The van der Waals surface area contributed by atoms with Crippen molar-refractivity contribution in [1.29, 1.82) is 0 Å². The molecule has 20 heavy (non-hydrogen) atoms. The number of ether oxygens (including phenoxy) is 1. The summed E-state index contributed by atoms with van der Waals surface area (Å²) in [6, 6.07) is 3.82. The Bertz CT molecular complexity index is 425. The van der Waals surface area contributed by atoms with Gasteiger partial charge in [-0.2, -0.15) is 0 Å². The zero-order chi connectivity index (χ0) is 14.4. The van der Waals surface area contributed by atoms with E-state index in [1.807, 2.05) is 12.1 Å². The quantitative estimate of drug-likeness (QED) is 0.829. The average molecular weight is 297 g/mol. The van der Waals surface area contributed by atoms with Gasteiger partial charge in [-0.05, 0) is 37.3 Å². The largest absolute Gasteiger partial charge is 0.372 e. The monoisotopic (exact) mass is 296 g/mol. The maximum atomic E-state index is 6.21. The van der Waals surface area contributed by atoms with Gasteiger partial charge in [-0.1, -0.05) is 38.3 Å². The van der Waals surface area contributed by atoms with Gasteiger partial charge in [-0.3, -0.25) is 0 Å². The molecule has 2 unspecified atom stereocenters. The Balaban J connectivity index is 1.93. The van der Waals surface area contributed by atoms with E-state index in [1.165, 1.54) is 19.3 Å². The molecule has 3 nitrogen and oxygen atoms in total. The summed E-state index contributed by atoms with van der Waals surface area (Å²) in [5, 5.41) is 3.97. The highest BCUT2D eigenvalue weighted by Crippen LogP contribution is 2.27. The Labute approximate surface area is 127 Å². The summed E-state index contributed by atoms with van der Waals surface area (Å²) in [5.41, 5.74) is 0.838. The van der Waals surface area contributed by atoms with Crippen LogP contribution >= 0.6 is 11.6 Å². The Morgan fingerprint density at radius 2 is 2.15 bits per heavy atom. The molecule has 1 aliphatic rings. The van der Waals surface area contributed by atoms with Crippen molar-refractivity contribution in [2.24, 2.45) is 5.92 Å². The lowest BCUT2D eigenvalue weighted by atomic mass is 9.88. The molecule has 0 saturated heterocycles. The summed E-state index contributed by atoms with van der Waals surface area (Å²) < 4.78 is 6.05. The van der Waals surface area contributed by atoms with Gasteiger partial charge in [-0.15, -0.1) is 0 Å². The second kappa shape index (κ2) is 7.84. The van der Waals surface area contributed by atoms with Crippen LogP contribution < -0.4 is 5.32 Å². The molecule has 0 spiro atoms. The van der Waals surface area contributed by atoms with E-state index in [0.717, 1.165) is 30.9 Å². The number of aromatic nitrogens is 1. The zero-order valence-corrected chi connectivity index (χ0v) is 13.2. The van der Waals surface area contributed by atoms with Gasteiger partial charge >= 0.3 is 0 Å². The first-order valence-electron chi connectivity index (χ1n) is 7.71. The van der Waals surface area contributed by atoms with Gasteiger partial charge in [0.05, 0.1) is 23.4 Å². The summed E-state index contributed by atoms with van der Waals surface area (Å²) in [6.45, 7) is 5.85.